The molecule has 0 unspecified atom stereocenters. The number of hydrogen-bond donors (Lipinski definition) is 1. The Balaban J connectivity index is 2.46. The Labute approximate surface area is 211 Å². The van der Waals surface area contributed by atoms with Crippen LogP contribution in [-0.2, 0) is 29.1 Å². The van der Waals surface area contributed by atoms with Gasteiger partial charge in [0, 0.05) is 5.02 Å². The molecule has 1 N–H and O–H groups in total. The molecule has 0 aliphatic heterocycles. The minimum absolute atomic E-state index is 0.166. The van der Waals surface area contributed by atoms with Gasteiger partial charge < -0.3 is 14.6 Å². The summed E-state index contributed by atoms with van der Waals surface area (Å²) in [5, 5.41) is 10.5. The standard InChI is InChI=1S/C25H32ClNO7S/c1-24(2,3)33-22(29)15-27(21(16-28)23(30)34-25(4,5)6)35(31,32)20-13-9-18(10-14-20)17-7-11-19(26)12-8-17/h7-14,21,28H,15-16H2,1-6H3/t21-/m0/s1. The highest BCUT2D eigenvalue weighted by Crippen LogP contribution is 2.26. The molecule has 0 radical (unpaired) electrons. The fourth-order valence-electron chi connectivity index (χ4n) is 3.11. The van der Waals surface area contributed by atoms with Crippen molar-refractivity contribution < 1.29 is 32.6 Å². The first-order valence-electron chi connectivity index (χ1n) is 11.0. The highest BCUT2D eigenvalue weighted by molar-refractivity contribution is 7.89. The van der Waals surface area contributed by atoms with E-state index in [4.69, 9.17) is 21.1 Å². The Kier molecular flexibility index (Phi) is 9.10. The molecule has 2 aromatic rings. The van der Waals surface area contributed by atoms with Crippen molar-refractivity contribution in [2.75, 3.05) is 13.2 Å². The van der Waals surface area contributed by atoms with E-state index in [0.29, 0.717) is 9.33 Å². The van der Waals surface area contributed by atoms with Crippen LogP contribution in [0.1, 0.15) is 41.5 Å². The Morgan fingerprint density at radius 1 is 0.886 bits per heavy atom. The van der Waals surface area contributed by atoms with Gasteiger partial charge in [-0.1, -0.05) is 35.9 Å². The molecule has 0 aromatic heterocycles. The van der Waals surface area contributed by atoms with Crippen molar-refractivity contribution in [1.29, 1.82) is 0 Å². The molecule has 0 aliphatic rings. The molecule has 2 rings (SSSR count). The summed E-state index contributed by atoms with van der Waals surface area (Å²) in [6.07, 6.45) is 0. The summed E-state index contributed by atoms with van der Waals surface area (Å²) < 4.78 is 38.3. The third-order valence-corrected chi connectivity index (χ3v) is 6.66. The van der Waals surface area contributed by atoms with Crippen LogP contribution in [0.25, 0.3) is 11.1 Å². The van der Waals surface area contributed by atoms with Crippen molar-refractivity contribution in [3.63, 3.8) is 0 Å². The molecular formula is C25H32ClNO7S. The van der Waals surface area contributed by atoms with Gasteiger partial charge >= 0.3 is 11.9 Å². The lowest BCUT2D eigenvalue weighted by Gasteiger charge is -2.31. The zero-order valence-corrected chi connectivity index (χ0v) is 22.3. The zero-order chi connectivity index (χ0) is 26.6. The largest absolute Gasteiger partial charge is 0.459 e. The van der Waals surface area contributed by atoms with Gasteiger partial charge in [-0.25, -0.2) is 8.42 Å². The molecule has 0 spiro atoms. The highest BCUT2D eigenvalue weighted by atomic mass is 35.5. The number of halogens is 1. The number of rotatable bonds is 8. The Bertz CT molecular complexity index is 1130. The van der Waals surface area contributed by atoms with Crippen molar-refractivity contribution in [1.82, 2.24) is 4.31 Å². The molecule has 1 atom stereocenters. The average molecular weight is 526 g/mol. The number of benzene rings is 2. The number of esters is 2. The van der Waals surface area contributed by atoms with Crippen LogP contribution in [-0.4, -0.2) is 60.2 Å². The Hall–Kier alpha value is -2.46. The van der Waals surface area contributed by atoms with Crippen molar-refractivity contribution in [3.8, 4) is 11.1 Å². The van der Waals surface area contributed by atoms with Crippen LogP contribution < -0.4 is 0 Å². The number of hydrogen-bond acceptors (Lipinski definition) is 7. The molecule has 2 aromatic carbocycles. The van der Waals surface area contributed by atoms with Crippen molar-refractivity contribution in [2.24, 2.45) is 0 Å². The van der Waals surface area contributed by atoms with Crippen molar-refractivity contribution >= 4 is 33.6 Å². The van der Waals surface area contributed by atoms with E-state index in [9.17, 15) is 23.1 Å². The lowest BCUT2D eigenvalue weighted by atomic mass is 10.1. The first kappa shape index (κ1) is 28.8. The molecule has 35 heavy (non-hydrogen) atoms. The highest BCUT2D eigenvalue weighted by Gasteiger charge is 2.40. The average Bonchev–Trinajstić information content (AvgIpc) is 2.71. The SMILES string of the molecule is CC(C)(C)OC(=O)CN([C@@H](CO)C(=O)OC(C)(C)C)S(=O)(=O)c1ccc(-c2ccc(Cl)cc2)cc1. The molecule has 0 bridgehead atoms. The van der Waals surface area contributed by atoms with Crippen LogP contribution in [0.3, 0.4) is 0 Å². The molecule has 0 heterocycles. The number of aliphatic hydroxyl groups excluding tert-OH is 1. The second kappa shape index (κ2) is 11.1. The second-order valence-corrected chi connectivity index (χ2v) is 12.2. The van der Waals surface area contributed by atoms with Crippen LogP contribution in [0.15, 0.2) is 53.4 Å². The summed E-state index contributed by atoms with van der Waals surface area (Å²) in [4.78, 5) is 25.2. The quantitative estimate of drug-likeness (QED) is 0.518. The van der Waals surface area contributed by atoms with Crippen LogP contribution in [0.4, 0.5) is 0 Å². The minimum atomic E-state index is -4.42. The number of carbonyl (C=O) groups is 2. The van der Waals surface area contributed by atoms with Crippen LogP contribution in [0.5, 0.6) is 0 Å². The number of aliphatic hydroxyl groups is 1. The summed E-state index contributed by atoms with van der Waals surface area (Å²) in [6, 6.07) is 11.3. The Morgan fingerprint density at radius 2 is 1.34 bits per heavy atom. The van der Waals surface area contributed by atoms with E-state index in [0.717, 1.165) is 11.1 Å². The predicted molar refractivity (Wildman–Crippen MR) is 133 cm³/mol. The van der Waals surface area contributed by atoms with Gasteiger partial charge in [0.15, 0.2) is 0 Å². The topological polar surface area (TPSA) is 110 Å². The smallest absolute Gasteiger partial charge is 0.327 e. The molecule has 0 amide bonds. The summed E-state index contributed by atoms with van der Waals surface area (Å²) in [6.45, 7) is 8.07. The van der Waals surface area contributed by atoms with E-state index in [1.807, 2.05) is 0 Å². The molecule has 8 nitrogen and oxygen atoms in total. The van der Waals surface area contributed by atoms with Gasteiger partial charge in [-0.05, 0) is 76.9 Å². The van der Waals surface area contributed by atoms with E-state index in [1.165, 1.54) is 12.1 Å². The van der Waals surface area contributed by atoms with Crippen molar-refractivity contribution in [2.45, 2.75) is 63.7 Å². The minimum Gasteiger partial charge on any atom is -0.459 e. The lowest BCUT2D eigenvalue weighted by Crippen LogP contribution is -2.51. The first-order valence-corrected chi connectivity index (χ1v) is 12.8. The van der Waals surface area contributed by atoms with E-state index < -0.39 is 52.4 Å². The zero-order valence-electron chi connectivity index (χ0n) is 20.7. The van der Waals surface area contributed by atoms with Gasteiger partial charge in [0.05, 0.1) is 11.5 Å². The second-order valence-electron chi connectivity index (χ2n) is 9.90. The summed E-state index contributed by atoms with van der Waals surface area (Å²) in [5.74, 6) is -1.86. The predicted octanol–water partition coefficient (Wildman–Crippen LogP) is 4.04. The monoisotopic (exact) mass is 525 g/mol. The van der Waals surface area contributed by atoms with Gasteiger partial charge in [0.2, 0.25) is 10.0 Å². The van der Waals surface area contributed by atoms with Gasteiger partial charge in [0.25, 0.3) is 0 Å². The van der Waals surface area contributed by atoms with Crippen LogP contribution in [0.2, 0.25) is 5.02 Å². The third kappa shape index (κ3) is 8.31. The molecule has 10 heteroatoms. The van der Waals surface area contributed by atoms with Crippen molar-refractivity contribution in [3.05, 3.63) is 53.6 Å². The first-order chi connectivity index (χ1) is 16.0. The maximum absolute atomic E-state index is 13.6. The van der Waals surface area contributed by atoms with E-state index in [1.54, 1.807) is 77.9 Å². The fraction of sp³-hybridized carbons (Fsp3) is 0.440. The maximum Gasteiger partial charge on any atom is 0.327 e. The normalized spacial score (nSPS) is 13.4. The van der Waals surface area contributed by atoms with Gasteiger partial charge in [0.1, 0.15) is 23.8 Å². The van der Waals surface area contributed by atoms with Gasteiger partial charge in [-0.3, -0.25) is 9.59 Å². The molecule has 192 valence electrons. The molecular weight excluding hydrogens is 494 g/mol. The van der Waals surface area contributed by atoms with E-state index >= 15 is 0 Å². The molecule has 0 saturated carbocycles. The summed E-state index contributed by atoms with van der Waals surface area (Å²) in [5.41, 5.74) is -0.254. The molecule has 0 fully saturated rings. The third-order valence-electron chi connectivity index (χ3n) is 4.54. The van der Waals surface area contributed by atoms with Crippen LogP contribution >= 0.6 is 11.6 Å². The number of carbonyl (C=O) groups excluding carboxylic acids is 2. The van der Waals surface area contributed by atoms with Gasteiger partial charge in [-0.2, -0.15) is 4.31 Å². The Morgan fingerprint density at radius 3 is 1.77 bits per heavy atom. The summed E-state index contributed by atoms with van der Waals surface area (Å²) in [7, 11) is -4.42. The van der Waals surface area contributed by atoms with Gasteiger partial charge in [-0.15, -0.1) is 0 Å². The fourth-order valence-corrected chi connectivity index (χ4v) is 4.75. The molecule has 0 aliphatic carbocycles. The molecule has 0 saturated heterocycles. The number of sulfonamides is 1. The maximum atomic E-state index is 13.6. The summed E-state index contributed by atoms with van der Waals surface area (Å²) >= 11 is 5.93. The number of ether oxygens (including phenoxy) is 2. The number of nitrogens with zero attached hydrogens (tertiary/aromatic N) is 1. The van der Waals surface area contributed by atoms with Crippen LogP contribution in [0, 0.1) is 0 Å². The van der Waals surface area contributed by atoms with E-state index in [-0.39, 0.29) is 4.90 Å². The lowest BCUT2D eigenvalue weighted by molar-refractivity contribution is -0.163. The van der Waals surface area contributed by atoms with E-state index in [2.05, 4.69) is 0 Å².